The summed E-state index contributed by atoms with van der Waals surface area (Å²) in [5.41, 5.74) is 4.77. The highest BCUT2D eigenvalue weighted by Gasteiger charge is 2.40. The lowest BCUT2D eigenvalue weighted by molar-refractivity contribution is -0.137. The zero-order chi connectivity index (χ0) is 27.9. The Labute approximate surface area is 228 Å². The number of fused-ring (bicyclic) bond motifs is 1. The van der Waals surface area contributed by atoms with E-state index >= 15 is 0 Å². The monoisotopic (exact) mass is 530 g/mol. The summed E-state index contributed by atoms with van der Waals surface area (Å²) in [5.74, 6) is 1.48. The number of unbranched alkanes of at least 4 members (excludes halogenated alkanes) is 8. The van der Waals surface area contributed by atoms with Crippen molar-refractivity contribution in [3.8, 4) is 11.5 Å². The predicted octanol–water partition coefficient (Wildman–Crippen LogP) is 9.62. The van der Waals surface area contributed by atoms with E-state index in [1.807, 2.05) is 0 Å². The molecule has 1 unspecified atom stereocenters. The lowest BCUT2D eigenvalue weighted by Crippen LogP contribution is -2.44. The number of hydrogen-bond acceptors (Lipinski definition) is 3. The highest BCUT2D eigenvalue weighted by Crippen LogP contribution is 2.46. The number of carbonyl (C=O) groups is 1. The molecule has 210 valence electrons. The number of ether oxygens (including phenoxy) is 1. The van der Waals surface area contributed by atoms with Gasteiger partial charge in [-0.1, -0.05) is 65.4 Å². The number of rotatable bonds is 14. The second-order valence-electron chi connectivity index (χ2n) is 13.0. The Morgan fingerprint density at radius 3 is 2.11 bits per heavy atom. The first-order chi connectivity index (χ1) is 17.2. The minimum Gasteiger partial charge on any atom is -0.543 e. The number of allylic oxidation sites excluding steroid dienone is 1. The van der Waals surface area contributed by atoms with Gasteiger partial charge in [-0.2, -0.15) is 0 Å². The van der Waals surface area contributed by atoms with Gasteiger partial charge in [-0.15, -0.1) is 0 Å². The van der Waals surface area contributed by atoms with Gasteiger partial charge >= 0.3 is 5.97 Å². The van der Waals surface area contributed by atoms with Crippen LogP contribution in [0.15, 0.2) is 12.2 Å². The van der Waals surface area contributed by atoms with E-state index in [0.29, 0.717) is 6.42 Å². The van der Waals surface area contributed by atoms with Crippen LogP contribution in [0.25, 0.3) is 0 Å². The van der Waals surface area contributed by atoms with Gasteiger partial charge in [0.05, 0.1) is 0 Å². The molecule has 1 heterocycles. The largest absolute Gasteiger partial charge is 0.543 e. The molecule has 0 saturated heterocycles. The molecule has 2 rings (SSSR count). The molecule has 0 radical (unpaired) electrons. The van der Waals surface area contributed by atoms with E-state index in [9.17, 15) is 4.79 Å². The van der Waals surface area contributed by atoms with E-state index < -0.39 is 14.3 Å². The predicted molar refractivity (Wildman–Crippen MR) is 159 cm³/mol. The van der Waals surface area contributed by atoms with Crippen molar-refractivity contribution in [1.29, 1.82) is 0 Å². The van der Waals surface area contributed by atoms with Crippen molar-refractivity contribution in [3.05, 3.63) is 34.4 Å². The Morgan fingerprint density at radius 2 is 1.54 bits per heavy atom. The fraction of sp³-hybridized carbons (Fsp3) is 0.719. The lowest BCUT2D eigenvalue weighted by atomic mass is 9.87. The highest BCUT2D eigenvalue weighted by molar-refractivity contribution is 6.74. The smallest absolute Gasteiger partial charge is 0.303 e. The average molecular weight is 531 g/mol. The van der Waals surface area contributed by atoms with Crippen molar-refractivity contribution in [3.63, 3.8) is 0 Å². The standard InChI is InChI=1S/C32H54O4Si/c1-24-25(2)30-27(26(3)29(24)36-37(8,9)31(4,5)6)21-23-32(7,35-30)22-19-17-15-13-11-10-12-14-16-18-20-28(33)34/h19,22H,10-18,20-21,23H2,1-9H3,(H,33,34). The molecule has 1 aliphatic heterocycles. The molecule has 0 aliphatic carbocycles. The first kappa shape index (κ1) is 31.5. The normalized spacial score (nSPS) is 18.1. The van der Waals surface area contributed by atoms with Gasteiger partial charge in [-0.3, -0.25) is 4.79 Å². The number of benzene rings is 1. The first-order valence-corrected chi connectivity index (χ1v) is 17.5. The molecule has 1 N–H and O–H groups in total. The molecule has 1 atom stereocenters. The van der Waals surface area contributed by atoms with Gasteiger partial charge in [0.2, 0.25) is 0 Å². The summed E-state index contributed by atoms with van der Waals surface area (Å²) in [7, 11) is -1.92. The fourth-order valence-electron chi connectivity index (χ4n) is 4.86. The van der Waals surface area contributed by atoms with Gasteiger partial charge in [-0.05, 0) is 101 Å². The van der Waals surface area contributed by atoms with Crippen LogP contribution in [0.4, 0.5) is 0 Å². The number of carboxylic acid groups (broad SMARTS) is 1. The Hall–Kier alpha value is -1.75. The first-order valence-electron chi connectivity index (χ1n) is 14.6. The summed E-state index contributed by atoms with van der Waals surface area (Å²) in [4.78, 5) is 10.5. The molecule has 1 aromatic rings. The second-order valence-corrected chi connectivity index (χ2v) is 17.7. The van der Waals surface area contributed by atoms with Gasteiger partial charge in [0.25, 0.3) is 8.32 Å². The molecule has 0 spiro atoms. The maximum Gasteiger partial charge on any atom is 0.303 e. The third-order valence-corrected chi connectivity index (χ3v) is 13.0. The second kappa shape index (κ2) is 13.4. The molecule has 37 heavy (non-hydrogen) atoms. The van der Waals surface area contributed by atoms with Crippen molar-refractivity contribution in [2.75, 3.05) is 0 Å². The van der Waals surface area contributed by atoms with E-state index in [0.717, 1.165) is 50.0 Å². The number of carboxylic acids is 1. The highest BCUT2D eigenvalue weighted by atomic mass is 28.4. The lowest BCUT2D eigenvalue weighted by Gasteiger charge is -2.40. The van der Waals surface area contributed by atoms with Crippen molar-refractivity contribution in [2.45, 2.75) is 149 Å². The number of hydrogen-bond donors (Lipinski definition) is 1. The third-order valence-electron chi connectivity index (χ3n) is 8.66. The molecule has 0 saturated carbocycles. The Balaban J connectivity index is 1.88. The van der Waals surface area contributed by atoms with Crippen LogP contribution in [0, 0.1) is 20.8 Å². The van der Waals surface area contributed by atoms with Crippen LogP contribution in [-0.2, 0) is 11.2 Å². The molecule has 1 aliphatic rings. The summed E-state index contributed by atoms with van der Waals surface area (Å²) >= 11 is 0. The molecule has 1 aromatic carbocycles. The minimum absolute atomic E-state index is 0.166. The van der Waals surface area contributed by atoms with E-state index in [1.165, 1.54) is 54.4 Å². The van der Waals surface area contributed by atoms with Crippen molar-refractivity contribution in [1.82, 2.24) is 0 Å². The Kier molecular flexibility index (Phi) is 11.4. The average Bonchev–Trinajstić information content (AvgIpc) is 2.80. The van der Waals surface area contributed by atoms with Gasteiger partial charge in [0.15, 0.2) is 0 Å². The van der Waals surface area contributed by atoms with Gasteiger partial charge in [0.1, 0.15) is 17.1 Å². The molecule has 0 bridgehead atoms. The van der Waals surface area contributed by atoms with Crippen LogP contribution in [0.1, 0.15) is 121 Å². The maximum absolute atomic E-state index is 10.5. The summed E-state index contributed by atoms with van der Waals surface area (Å²) in [6, 6.07) is 0. The van der Waals surface area contributed by atoms with Crippen molar-refractivity contribution < 1.29 is 19.1 Å². The Morgan fingerprint density at radius 1 is 0.973 bits per heavy atom. The van der Waals surface area contributed by atoms with Gasteiger partial charge < -0.3 is 14.3 Å². The molecule has 0 amide bonds. The van der Waals surface area contributed by atoms with Crippen LogP contribution in [0.2, 0.25) is 18.1 Å². The van der Waals surface area contributed by atoms with E-state index in [2.05, 4.69) is 73.7 Å². The molecular weight excluding hydrogens is 476 g/mol. The van der Waals surface area contributed by atoms with Crippen LogP contribution >= 0.6 is 0 Å². The van der Waals surface area contributed by atoms with Gasteiger partial charge in [-0.25, -0.2) is 0 Å². The summed E-state index contributed by atoms with van der Waals surface area (Å²) in [6.45, 7) is 20.3. The summed E-state index contributed by atoms with van der Waals surface area (Å²) < 4.78 is 13.5. The van der Waals surface area contributed by atoms with Crippen molar-refractivity contribution in [2.24, 2.45) is 0 Å². The van der Waals surface area contributed by atoms with Crippen LogP contribution < -0.4 is 9.16 Å². The van der Waals surface area contributed by atoms with E-state index in [-0.39, 0.29) is 10.6 Å². The molecule has 0 fully saturated rings. The molecule has 4 nitrogen and oxygen atoms in total. The van der Waals surface area contributed by atoms with Crippen molar-refractivity contribution >= 4 is 14.3 Å². The van der Waals surface area contributed by atoms with E-state index in [4.69, 9.17) is 14.3 Å². The quantitative estimate of drug-likeness (QED) is 0.148. The maximum atomic E-state index is 10.5. The van der Waals surface area contributed by atoms with Crippen LogP contribution in [0.5, 0.6) is 11.5 Å². The van der Waals surface area contributed by atoms with Crippen LogP contribution in [-0.4, -0.2) is 25.0 Å². The topological polar surface area (TPSA) is 55.8 Å². The SMILES string of the molecule is Cc1c(C)c2c(c(C)c1O[Si](C)(C)C(C)(C)C)CCC(C)(C=CCCCCCCCCCCC(=O)O)O2. The molecule has 5 heteroatoms. The van der Waals surface area contributed by atoms with E-state index in [1.54, 1.807) is 0 Å². The number of aliphatic carboxylic acids is 1. The fourth-order valence-corrected chi connectivity index (χ4v) is 5.99. The third kappa shape index (κ3) is 8.90. The Bertz CT molecular complexity index is 941. The molecule has 0 aromatic heterocycles. The zero-order valence-electron chi connectivity index (χ0n) is 25.3. The summed E-state index contributed by atoms with van der Waals surface area (Å²) in [6.07, 6.45) is 17.3. The minimum atomic E-state index is -1.92. The van der Waals surface area contributed by atoms with Gasteiger partial charge in [0, 0.05) is 12.0 Å². The van der Waals surface area contributed by atoms with Crippen LogP contribution in [0.3, 0.4) is 0 Å². The molecular formula is C32H54O4Si. The summed E-state index contributed by atoms with van der Waals surface area (Å²) in [5, 5.41) is 8.85. The zero-order valence-corrected chi connectivity index (χ0v) is 26.3.